The predicted molar refractivity (Wildman–Crippen MR) is 99.5 cm³/mol. The van der Waals surface area contributed by atoms with E-state index in [9.17, 15) is 20.2 Å². The SMILES string of the molecule is CC1CCN(CC2CCCN(c3ccc([N+](=O)[O-])cc3[N+](=O)[O-])C2)CC1. The normalized spacial score (nSPS) is 22.3. The van der Waals surface area contributed by atoms with Crippen molar-refractivity contribution in [1.29, 1.82) is 0 Å². The Morgan fingerprint density at radius 2 is 1.81 bits per heavy atom. The van der Waals surface area contributed by atoms with Gasteiger partial charge in [0.25, 0.3) is 11.4 Å². The number of non-ortho nitro benzene ring substituents is 1. The van der Waals surface area contributed by atoms with Gasteiger partial charge in [0.2, 0.25) is 0 Å². The van der Waals surface area contributed by atoms with Crippen LogP contribution in [0.15, 0.2) is 18.2 Å². The summed E-state index contributed by atoms with van der Waals surface area (Å²) in [7, 11) is 0. The summed E-state index contributed by atoms with van der Waals surface area (Å²) >= 11 is 0. The molecule has 2 fully saturated rings. The van der Waals surface area contributed by atoms with Gasteiger partial charge in [-0.1, -0.05) is 6.92 Å². The molecule has 3 rings (SSSR count). The molecule has 2 aliphatic rings. The maximum atomic E-state index is 11.4. The summed E-state index contributed by atoms with van der Waals surface area (Å²) in [6, 6.07) is 3.96. The zero-order chi connectivity index (χ0) is 18.7. The first-order chi connectivity index (χ1) is 12.4. The summed E-state index contributed by atoms with van der Waals surface area (Å²) in [5, 5.41) is 22.3. The summed E-state index contributed by atoms with van der Waals surface area (Å²) in [4.78, 5) is 25.8. The molecule has 0 amide bonds. The van der Waals surface area contributed by atoms with E-state index in [-0.39, 0.29) is 11.4 Å². The van der Waals surface area contributed by atoms with Gasteiger partial charge in [-0.3, -0.25) is 20.2 Å². The number of nitrogens with zero attached hydrogens (tertiary/aromatic N) is 4. The lowest BCUT2D eigenvalue weighted by Gasteiger charge is -2.38. The van der Waals surface area contributed by atoms with Gasteiger partial charge >= 0.3 is 0 Å². The van der Waals surface area contributed by atoms with E-state index < -0.39 is 9.85 Å². The van der Waals surface area contributed by atoms with Crippen molar-refractivity contribution < 1.29 is 9.85 Å². The lowest BCUT2D eigenvalue weighted by atomic mass is 9.94. The zero-order valence-corrected chi connectivity index (χ0v) is 15.2. The molecule has 0 aromatic heterocycles. The minimum Gasteiger partial charge on any atom is -0.366 e. The van der Waals surface area contributed by atoms with Crippen LogP contribution < -0.4 is 4.90 Å². The third-order valence-corrected chi connectivity index (χ3v) is 5.62. The molecule has 0 saturated carbocycles. The molecule has 1 atom stereocenters. The van der Waals surface area contributed by atoms with Crippen molar-refractivity contribution in [3.05, 3.63) is 38.4 Å². The van der Waals surface area contributed by atoms with E-state index in [4.69, 9.17) is 0 Å². The molecule has 8 heteroatoms. The molecule has 2 aliphatic heterocycles. The molecule has 0 bridgehead atoms. The molecule has 1 unspecified atom stereocenters. The van der Waals surface area contributed by atoms with Gasteiger partial charge in [0.05, 0.1) is 15.9 Å². The summed E-state index contributed by atoms with van der Waals surface area (Å²) in [6.45, 7) is 7.12. The van der Waals surface area contributed by atoms with E-state index in [2.05, 4.69) is 11.8 Å². The molecule has 1 aromatic rings. The standard InChI is InChI=1S/C18H26N4O4/c1-14-6-9-19(10-7-14)12-15-3-2-8-20(13-15)17-5-4-16(21(23)24)11-18(17)22(25)26/h4-5,11,14-15H,2-3,6-10,12-13H2,1H3. The number of benzene rings is 1. The van der Waals surface area contributed by atoms with Gasteiger partial charge in [-0.2, -0.15) is 0 Å². The first-order valence-electron chi connectivity index (χ1n) is 9.34. The van der Waals surface area contributed by atoms with Crippen LogP contribution in [0.2, 0.25) is 0 Å². The Bertz CT molecular complexity index is 673. The lowest BCUT2D eigenvalue weighted by molar-refractivity contribution is -0.393. The van der Waals surface area contributed by atoms with E-state index >= 15 is 0 Å². The molecule has 1 aromatic carbocycles. The van der Waals surface area contributed by atoms with Crippen molar-refractivity contribution in [2.24, 2.45) is 11.8 Å². The minimum atomic E-state index is -0.590. The van der Waals surface area contributed by atoms with E-state index in [0.29, 0.717) is 11.6 Å². The Hall–Kier alpha value is -2.22. The van der Waals surface area contributed by atoms with Gasteiger partial charge in [-0.25, -0.2) is 0 Å². The summed E-state index contributed by atoms with van der Waals surface area (Å²) in [6.07, 6.45) is 4.60. The first kappa shape index (κ1) is 18.6. The Morgan fingerprint density at radius 3 is 2.46 bits per heavy atom. The maximum absolute atomic E-state index is 11.4. The van der Waals surface area contributed by atoms with Crippen LogP contribution in [0.1, 0.15) is 32.6 Å². The highest BCUT2D eigenvalue weighted by molar-refractivity contribution is 5.67. The van der Waals surface area contributed by atoms with Crippen molar-refractivity contribution >= 4 is 17.1 Å². The summed E-state index contributed by atoms with van der Waals surface area (Å²) in [5.41, 5.74) is 0.0839. The summed E-state index contributed by atoms with van der Waals surface area (Å²) < 4.78 is 0. The maximum Gasteiger partial charge on any atom is 0.299 e. The molecule has 8 nitrogen and oxygen atoms in total. The van der Waals surface area contributed by atoms with Crippen LogP contribution in [0.5, 0.6) is 0 Å². The van der Waals surface area contributed by atoms with Crippen LogP contribution in [0, 0.1) is 32.1 Å². The predicted octanol–water partition coefficient (Wildman–Crippen LogP) is 3.45. The van der Waals surface area contributed by atoms with Crippen molar-refractivity contribution in [2.45, 2.75) is 32.6 Å². The second-order valence-electron chi connectivity index (χ2n) is 7.62. The van der Waals surface area contributed by atoms with Crippen LogP contribution in [0.25, 0.3) is 0 Å². The quantitative estimate of drug-likeness (QED) is 0.588. The number of likely N-dealkylation sites (tertiary alicyclic amines) is 1. The zero-order valence-electron chi connectivity index (χ0n) is 15.2. The highest BCUT2D eigenvalue weighted by atomic mass is 16.6. The number of nitro groups is 2. The molecule has 0 radical (unpaired) electrons. The summed E-state index contributed by atoms with van der Waals surface area (Å²) in [5.74, 6) is 1.28. The van der Waals surface area contributed by atoms with Gasteiger partial charge < -0.3 is 9.80 Å². The van der Waals surface area contributed by atoms with Crippen molar-refractivity contribution in [1.82, 2.24) is 4.90 Å². The fourth-order valence-electron chi connectivity index (χ4n) is 4.08. The average Bonchev–Trinajstić information content (AvgIpc) is 2.63. The molecule has 0 aliphatic carbocycles. The number of nitro benzene ring substituents is 2. The van der Waals surface area contributed by atoms with Gasteiger partial charge in [0.1, 0.15) is 5.69 Å². The second-order valence-corrected chi connectivity index (χ2v) is 7.62. The molecule has 2 saturated heterocycles. The Labute approximate surface area is 153 Å². The van der Waals surface area contributed by atoms with Crippen molar-refractivity contribution in [3.8, 4) is 0 Å². The number of rotatable bonds is 5. The third-order valence-electron chi connectivity index (χ3n) is 5.62. The van der Waals surface area contributed by atoms with Crippen LogP contribution in [-0.2, 0) is 0 Å². The van der Waals surface area contributed by atoms with Gasteiger partial charge in [-0.15, -0.1) is 0 Å². The van der Waals surface area contributed by atoms with Crippen LogP contribution in [0.4, 0.5) is 17.1 Å². The Kier molecular flexibility index (Phi) is 5.70. The minimum absolute atomic E-state index is 0.174. The Balaban J connectivity index is 1.71. The van der Waals surface area contributed by atoms with E-state index in [1.807, 2.05) is 4.90 Å². The lowest BCUT2D eigenvalue weighted by Crippen LogP contribution is -2.43. The van der Waals surface area contributed by atoms with Gasteiger partial charge in [0.15, 0.2) is 0 Å². The van der Waals surface area contributed by atoms with Crippen LogP contribution in [0.3, 0.4) is 0 Å². The molecule has 26 heavy (non-hydrogen) atoms. The topological polar surface area (TPSA) is 92.8 Å². The van der Waals surface area contributed by atoms with Gasteiger partial charge in [-0.05, 0) is 56.7 Å². The number of anilines is 1. The largest absolute Gasteiger partial charge is 0.366 e. The second kappa shape index (κ2) is 7.99. The number of hydrogen-bond acceptors (Lipinski definition) is 6. The number of piperidine rings is 2. The van der Waals surface area contributed by atoms with E-state index in [0.717, 1.165) is 57.5 Å². The highest BCUT2D eigenvalue weighted by Gasteiger charge is 2.29. The van der Waals surface area contributed by atoms with Crippen molar-refractivity contribution in [2.75, 3.05) is 37.6 Å². The molecule has 0 N–H and O–H groups in total. The van der Waals surface area contributed by atoms with Crippen LogP contribution >= 0.6 is 0 Å². The average molecular weight is 362 g/mol. The van der Waals surface area contributed by atoms with Crippen molar-refractivity contribution in [3.63, 3.8) is 0 Å². The highest BCUT2D eigenvalue weighted by Crippen LogP contribution is 2.34. The molecule has 2 heterocycles. The molecular weight excluding hydrogens is 336 g/mol. The number of hydrogen-bond donors (Lipinski definition) is 0. The molecule has 0 spiro atoms. The Morgan fingerprint density at radius 1 is 1.08 bits per heavy atom. The van der Waals surface area contributed by atoms with E-state index in [1.54, 1.807) is 0 Å². The fourth-order valence-corrected chi connectivity index (χ4v) is 4.08. The van der Waals surface area contributed by atoms with E-state index in [1.165, 1.54) is 25.0 Å². The fraction of sp³-hybridized carbons (Fsp3) is 0.667. The van der Waals surface area contributed by atoms with Crippen LogP contribution in [-0.4, -0.2) is 47.5 Å². The third kappa shape index (κ3) is 4.30. The smallest absolute Gasteiger partial charge is 0.299 e. The molecular formula is C18H26N4O4. The monoisotopic (exact) mass is 362 g/mol. The van der Waals surface area contributed by atoms with Gasteiger partial charge in [0, 0.05) is 25.7 Å². The molecule has 142 valence electrons. The first-order valence-corrected chi connectivity index (χ1v) is 9.34.